The van der Waals surface area contributed by atoms with Crippen LogP contribution in [0.5, 0.6) is 0 Å². The number of nitrogens with zero attached hydrogens (tertiary/aromatic N) is 1. The van der Waals surface area contributed by atoms with Crippen LogP contribution in [0.1, 0.15) is 22.3 Å². The minimum Gasteiger partial charge on any atom is -0.454 e. The number of carbonyl (C=O) groups is 3. The van der Waals surface area contributed by atoms with Crippen LogP contribution in [-0.4, -0.2) is 49.0 Å². The van der Waals surface area contributed by atoms with E-state index in [-0.39, 0.29) is 12.5 Å². The molecule has 2 aromatic carbocycles. The van der Waals surface area contributed by atoms with E-state index in [0.29, 0.717) is 29.3 Å². The Morgan fingerprint density at radius 2 is 1.90 bits per heavy atom. The third-order valence-electron chi connectivity index (χ3n) is 4.83. The molecule has 1 aliphatic heterocycles. The zero-order valence-corrected chi connectivity index (χ0v) is 18.2. The molecule has 1 aliphatic rings. The van der Waals surface area contributed by atoms with Crippen LogP contribution in [-0.2, 0) is 20.7 Å². The van der Waals surface area contributed by atoms with Crippen LogP contribution in [0.3, 0.4) is 0 Å². The summed E-state index contributed by atoms with van der Waals surface area (Å²) in [5.74, 6) is -0.628. The molecule has 8 heteroatoms. The smallest absolute Gasteiger partial charge is 0.329 e. The fourth-order valence-corrected chi connectivity index (χ4v) is 3.83. The van der Waals surface area contributed by atoms with Crippen LogP contribution in [0.15, 0.2) is 48.5 Å². The third-order valence-corrected chi connectivity index (χ3v) is 5.73. The Bertz CT molecular complexity index is 920. The number of thioether (sulfide) groups is 1. The molecule has 1 N–H and O–H groups in total. The third kappa shape index (κ3) is 5.55. The average Bonchev–Trinajstić information content (AvgIpc) is 3.19. The first-order chi connectivity index (χ1) is 14.5. The molecule has 1 atom stereocenters. The highest BCUT2D eigenvalue weighted by molar-refractivity contribution is 7.98. The van der Waals surface area contributed by atoms with Crippen molar-refractivity contribution in [1.29, 1.82) is 0 Å². The molecule has 0 saturated carbocycles. The summed E-state index contributed by atoms with van der Waals surface area (Å²) in [4.78, 5) is 39.3. The number of esters is 1. The van der Waals surface area contributed by atoms with E-state index >= 15 is 0 Å². The van der Waals surface area contributed by atoms with E-state index in [1.54, 1.807) is 40.9 Å². The summed E-state index contributed by atoms with van der Waals surface area (Å²) in [5, 5.41) is 3.22. The number of amides is 2. The highest BCUT2D eigenvalue weighted by atomic mass is 35.5. The van der Waals surface area contributed by atoms with Gasteiger partial charge >= 0.3 is 5.97 Å². The highest BCUT2D eigenvalue weighted by Gasteiger charge is 2.27. The van der Waals surface area contributed by atoms with Gasteiger partial charge in [0.1, 0.15) is 6.04 Å². The van der Waals surface area contributed by atoms with Gasteiger partial charge < -0.3 is 15.0 Å². The Morgan fingerprint density at radius 3 is 2.63 bits per heavy atom. The van der Waals surface area contributed by atoms with E-state index in [1.165, 1.54) is 0 Å². The predicted molar refractivity (Wildman–Crippen MR) is 119 cm³/mol. The van der Waals surface area contributed by atoms with Gasteiger partial charge in [0.15, 0.2) is 6.61 Å². The lowest BCUT2D eigenvalue weighted by atomic mass is 10.1. The van der Waals surface area contributed by atoms with Crippen molar-refractivity contribution in [3.8, 4) is 0 Å². The maximum atomic E-state index is 12.6. The van der Waals surface area contributed by atoms with Crippen molar-refractivity contribution in [3.05, 3.63) is 64.7 Å². The fourth-order valence-electron chi connectivity index (χ4n) is 3.24. The second kappa shape index (κ2) is 10.5. The molecule has 0 fully saturated rings. The molecule has 0 spiro atoms. The van der Waals surface area contributed by atoms with Crippen LogP contribution in [0.25, 0.3) is 0 Å². The van der Waals surface area contributed by atoms with E-state index < -0.39 is 17.9 Å². The molecule has 0 bridgehead atoms. The maximum Gasteiger partial charge on any atom is 0.329 e. The summed E-state index contributed by atoms with van der Waals surface area (Å²) >= 11 is 7.41. The summed E-state index contributed by atoms with van der Waals surface area (Å²) in [6, 6.07) is 13.2. The van der Waals surface area contributed by atoms with Gasteiger partial charge in [0.05, 0.1) is 0 Å². The first-order valence-corrected chi connectivity index (χ1v) is 11.4. The largest absolute Gasteiger partial charge is 0.454 e. The van der Waals surface area contributed by atoms with Crippen LogP contribution in [0.2, 0.25) is 5.02 Å². The summed E-state index contributed by atoms with van der Waals surface area (Å²) in [5.41, 5.74) is 2.35. The number of ether oxygens (including phenoxy) is 1. The second-order valence-electron chi connectivity index (χ2n) is 6.85. The predicted octanol–water partition coefficient (Wildman–Crippen LogP) is 3.32. The van der Waals surface area contributed by atoms with Crippen molar-refractivity contribution in [2.45, 2.75) is 18.9 Å². The van der Waals surface area contributed by atoms with Gasteiger partial charge in [0.2, 0.25) is 0 Å². The molecular formula is C22H23ClN2O4S. The van der Waals surface area contributed by atoms with Gasteiger partial charge in [0.25, 0.3) is 11.8 Å². The summed E-state index contributed by atoms with van der Waals surface area (Å²) in [7, 11) is 0. The number of anilines is 1. The van der Waals surface area contributed by atoms with E-state index in [2.05, 4.69) is 5.32 Å². The van der Waals surface area contributed by atoms with Crippen molar-refractivity contribution in [2.75, 3.05) is 30.1 Å². The molecule has 0 radical (unpaired) electrons. The number of nitrogens with one attached hydrogen (secondary N) is 1. The summed E-state index contributed by atoms with van der Waals surface area (Å²) < 4.78 is 5.27. The summed E-state index contributed by atoms with van der Waals surface area (Å²) in [6.45, 7) is 0.207. The number of carbonyl (C=O) groups excluding carboxylic acids is 3. The van der Waals surface area contributed by atoms with E-state index in [9.17, 15) is 14.4 Å². The zero-order valence-electron chi connectivity index (χ0n) is 16.6. The first-order valence-electron chi connectivity index (χ1n) is 9.60. The monoisotopic (exact) mass is 446 g/mol. The number of rotatable bonds is 8. The normalized spacial score (nSPS) is 13.5. The Morgan fingerprint density at radius 1 is 1.17 bits per heavy atom. The zero-order chi connectivity index (χ0) is 21.5. The van der Waals surface area contributed by atoms with Crippen LogP contribution in [0.4, 0.5) is 5.69 Å². The molecule has 30 heavy (non-hydrogen) atoms. The lowest BCUT2D eigenvalue weighted by Crippen LogP contribution is -2.43. The molecule has 1 heterocycles. The molecule has 0 aromatic heterocycles. The van der Waals surface area contributed by atoms with Crippen molar-refractivity contribution < 1.29 is 19.1 Å². The molecule has 0 aliphatic carbocycles. The molecule has 6 nitrogen and oxygen atoms in total. The number of halogens is 1. The van der Waals surface area contributed by atoms with Gasteiger partial charge in [0, 0.05) is 22.8 Å². The highest BCUT2D eigenvalue weighted by Crippen LogP contribution is 2.27. The van der Waals surface area contributed by atoms with Crippen molar-refractivity contribution in [1.82, 2.24) is 5.32 Å². The molecular weight excluding hydrogens is 424 g/mol. The Balaban J connectivity index is 1.59. The lowest BCUT2D eigenvalue weighted by Gasteiger charge is -2.20. The van der Waals surface area contributed by atoms with Crippen molar-refractivity contribution in [2.24, 2.45) is 0 Å². The molecule has 2 amide bonds. The molecule has 2 aromatic rings. The molecule has 158 valence electrons. The van der Waals surface area contributed by atoms with Gasteiger partial charge in [-0.15, -0.1) is 0 Å². The van der Waals surface area contributed by atoms with Gasteiger partial charge in [-0.25, -0.2) is 4.79 Å². The number of benzene rings is 2. The van der Waals surface area contributed by atoms with Crippen LogP contribution in [0, 0.1) is 0 Å². The van der Waals surface area contributed by atoms with Crippen LogP contribution >= 0.6 is 23.4 Å². The number of fused-ring (bicyclic) bond motifs is 1. The molecule has 0 unspecified atom stereocenters. The van der Waals surface area contributed by atoms with Crippen molar-refractivity contribution in [3.63, 3.8) is 0 Å². The Kier molecular flexibility index (Phi) is 7.76. The first kappa shape index (κ1) is 22.2. The van der Waals surface area contributed by atoms with E-state index in [0.717, 1.165) is 17.7 Å². The van der Waals surface area contributed by atoms with Gasteiger partial charge in [-0.1, -0.05) is 29.8 Å². The van der Waals surface area contributed by atoms with Crippen molar-refractivity contribution >= 4 is 46.8 Å². The minimum atomic E-state index is -0.834. The maximum absolute atomic E-state index is 12.6. The Labute approximate surface area is 184 Å². The van der Waals surface area contributed by atoms with Gasteiger partial charge in [-0.05, 0) is 60.7 Å². The van der Waals surface area contributed by atoms with E-state index in [4.69, 9.17) is 16.3 Å². The second-order valence-corrected chi connectivity index (χ2v) is 8.27. The minimum absolute atomic E-state index is 0.277. The Hall–Kier alpha value is -2.51. The lowest BCUT2D eigenvalue weighted by molar-refractivity contribution is -0.149. The van der Waals surface area contributed by atoms with Gasteiger partial charge in [-0.3, -0.25) is 9.59 Å². The number of hydrogen-bond donors (Lipinski definition) is 1. The number of hydrogen-bond acceptors (Lipinski definition) is 5. The molecule has 0 saturated heterocycles. The topological polar surface area (TPSA) is 75.7 Å². The SMILES string of the molecule is CSCC[C@@H](NC(=O)c1ccc(Cl)cc1)C(=O)OCC(=O)N1CCc2ccccc21. The quantitative estimate of drug-likeness (QED) is 0.629. The van der Waals surface area contributed by atoms with Gasteiger partial charge in [-0.2, -0.15) is 11.8 Å². The standard InChI is InChI=1S/C22H23ClN2O4S/c1-30-13-11-18(24-21(27)16-6-8-17(23)9-7-16)22(28)29-14-20(26)25-12-10-15-4-2-3-5-19(15)25/h2-9,18H,10-14H2,1H3,(H,24,27)/t18-/m1/s1. The fraction of sp³-hybridized carbons (Fsp3) is 0.318. The average molecular weight is 447 g/mol. The van der Waals surface area contributed by atoms with Crippen LogP contribution < -0.4 is 10.2 Å². The summed E-state index contributed by atoms with van der Waals surface area (Å²) in [6.07, 6.45) is 3.10. The molecule has 3 rings (SSSR count). The van der Waals surface area contributed by atoms with E-state index in [1.807, 2.05) is 30.5 Å². The number of para-hydroxylation sites is 1.